The van der Waals surface area contributed by atoms with E-state index < -0.39 is 11.7 Å². The number of nitrogens with zero attached hydrogens (tertiary/aromatic N) is 2. The maximum atomic E-state index is 13.2. The van der Waals surface area contributed by atoms with Gasteiger partial charge in [0.1, 0.15) is 0 Å². The van der Waals surface area contributed by atoms with Gasteiger partial charge in [-0.05, 0) is 32.0 Å². The fourth-order valence-corrected chi connectivity index (χ4v) is 3.29. The van der Waals surface area contributed by atoms with Gasteiger partial charge in [-0.15, -0.1) is 0 Å². The van der Waals surface area contributed by atoms with Crippen molar-refractivity contribution in [1.29, 1.82) is 0 Å². The fraction of sp³-hybridized carbons (Fsp3) is 0.500. The summed E-state index contributed by atoms with van der Waals surface area (Å²) in [7, 11) is 0. The van der Waals surface area contributed by atoms with Crippen molar-refractivity contribution in [2.45, 2.75) is 24.9 Å². The molecule has 3 heterocycles. The Morgan fingerprint density at radius 3 is 2.60 bits per heavy atom. The van der Waals surface area contributed by atoms with Crippen molar-refractivity contribution >= 4 is 26.8 Å². The normalized spacial score (nSPS) is 17.8. The van der Waals surface area contributed by atoms with Gasteiger partial charge in [0.05, 0.1) is 10.3 Å². The second-order valence-electron chi connectivity index (χ2n) is 4.82. The first-order valence-electron chi connectivity index (χ1n) is 6.30. The third-order valence-corrected chi connectivity index (χ3v) is 4.37. The molecule has 2 aromatic heterocycles. The zero-order valence-corrected chi connectivity index (χ0v) is 11.3. The predicted octanol–water partition coefficient (Wildman–Crippen LogP) is 2.76. The van der Waals surface area contributed by atoms with E-state index in [1.807, 2.05) is 0 Å². The number of hydrogen-bond acceptors (Lipinski definition) is 5. The van der Waals surface area contributed by atoms with E-state index in [1.165, 1.54) is 0 Å². The Balaban J connectivity index is 2.14. The first kappa shape index (κ1) is 13.6. The Labute approximate surface area is 117 Å². The van der Waals surface area contributed by atoms with Crippen LogP contribution in [0, 0.1) is 0 Å². The molecule has 3 rings (SSSR count). The van der Waals surface area contributed by atoms with Crippen molar-refractivity contribution in [2.75, 3.05) is 18.8 Å². The average molecular weight is 302 g/mol. The molecule has 0 atom stereocenters. The van der Waals surface area contributed by atoms with Gasteiger partial charge < -0.3 is 11.1 Å². The number of alkyl halides is 3. The number of piperidine rings is 1. The monoisotopic (exact) mass is 302 g/mol. The van der Waals surface area contributed by atoms with E-state index in [-0.39, 0.29) is 21.4 Å². The Morgan fingerprint density at radius 1 is 1.25 bits per heavy atom. The molecule has 108 valence electrons. The number of anilines is 1. The number of hydrogen-bond donors (Lipinski definition) is 2. The maximum Gasteiger partial charge on any atom is 0.417 e. The summed E-state index contributed by atoms with van der Waals surface area (Å²) < 4.78 is 39.5. The van der Waals surface area contributed by atoms with Crippen LogP contribution < -0.4 is 11.1 Å². The molecule has 0 aliphatic carbocycles. The van der Waals surface area contributed by atoms with E-state index in [9.17, 15) is 13.2 Å². The molecule has 2 aromatic rings. The van der Waals surface area contributed by atoms with Crippen LogP contribution in [0.2, 0.25) is 0 Å². The summed E-state index contributed by atoms with van der Waals surface area (Å²) in [6.07, 6.45) is -2.84. The third-order valence-electron chi connectivity index (χ3n) is 3.46. The van der Waals surface area contributed by atoms with Gasteiger partial charge in [-0.2, -0.15) is 13.2 Å². The summed E-state index contributed by atoms with van der Waals surface area (Å²) >= 11 is 0.833. The van der Waals surface area contributed by atoms with Gasteiger partial charge in [-0.1, -0.05) is 11.3 Å². The summed E-state index contributed by atoms with van der Waals surface area (Å²) in [5, 5.41) is 3.30. The lowest BCUT2D eigenvalue weighted by atomic mass is 9.93. The van der Waals surface area contributed by atoms with Crippen molar-refractivity contribution < 1.29 is 13.2 Å². The number of halogens is 3. The van der Waals surface area contributed by atoms with Crippen LogP contribution in [0.3, 0.4) is 0 Å². The number of aromatic nitrogens is 2. The van der Waals surface area contributed by atoms with Gasteiger partial charge in [0.2, 0.25) is 0 Å². The van der Waals surface area contributed by atoms with Gasteiger partial charge in [0.15, 0.2) is 10.8 Å². The van der Waals surface area contributed by atoms with Gasteiger partial charge in [0.25, 0.3) is 0 Å². The summed E-state index contributed by atoms with van der Waals surface area (Å²) in [6.45, 7) is 1.59. The SMILES string of the molecule is Nc1nc2nc(C3CCNCC3)cc(C(F)(F)F)c2s1. The molecule has 0 spiro atoms. The molecule has 0 aromatic carbocycles. The minimum Gasteiger partial charge on any atom is -0.375 e. The van der Waals surface area contributed by atoms with Crippen LogP contribution in [-0.4, -0.2) is 23.1 Å². The first-order chi connectivity index (χ1) is 9.45. The molecule has 0 bridgehead atoms. The lowest BCUT2D eigenvalue weighted by molar-refractivity contribution is -0.136. The highest BCUT2D eigenvalue weighted by Crippen LogP contribution is 2.39. The lowest BCUT2D eigenvalue weighted by Gasteiger charge is -2.22. The van der Waals surface area contributed by atoms with E-state index in [0.717, 1.165) is 43.3 Å². The van der Waals surface area contributed by atoms with Crippen LogP contribution in [0.15, 0.2) is 6.07 Å². The summed E-state index contributed by atoms with van der Waals surface area (Å²) in [5.41, 5.74) is 5.42. The molecule has 0 saturated carbocycles. The number of pyridine rings is 1. The van der Waals surface area contributed by atoms with E-state index in [0.29, 0.717) is 5.69 Å². The smallest absolute Gasteiger partial charge is 0.375 e. The number of rotatable bonds is 1. The van der Waals surface area contributed by atoms with Crippen molar-refractivity contribution in [3.8, 4) is 0 Å². The Hall–Kier alpha value is -1.41. The van der Waals surface area contributed by atoms with E-state index in [2.05, 4.69) is 15.3 Å². The summed E-state index contributed by atoms with van der Waals surface area (Å²) in [4.78, 5) is 8.20. The average Bonchev–Trinajstić information content (AvgIpc) is 2.77. The molecule has 0 amide bonds. The van der Waals surface area contributed by atoms with Gasteiger partial charge >= 0.3 is 6.18 Å². The molecular formula is C12H13F3N4S. The second kappa shape index (κ2) is 4.85. The van der Waals surface area contributed by atoms with Crippen LogP contribution >= 0.6 is 11.3 Å². The Bertz CT molecular complexity index is 631. The molecule has 1 fully saturated rings. The van der Waals surface area contributed by atoms with Crippen LogP contribution in [0.5, 0.6) is 0 Å². The molecule has 4 nitrogen and oxygen atoms in total. The van der Waals surface area contributed by atoms with Gasteiger partial charge in [-0.3, -0.25) is 0 Å². The van der Waals surface area contributed by atoms with Crippen molar-refractivity contribution in [3.05, 3.63) is 17.3 Å². The molecule has 3 N–H and O–H groups in total. The van der Waals surface area contributed by atoms with Gasteiger partial charge in [-0.25, -0.2) is 9.97 Å². The zero-order valence-electron chi connectivity index (χ0n) is 10.5. The van der Waals surface area contributed by atoms with Crippen LogP contribution in [0.1, 0.15) is 30.0 Å². The van der Waals surface area contributed by atoms with Crippen LogP contribution in [-0.2, 0) is 6.18 Å². The molecule has 1 aliphatic rings. The van der Waals surface area contributed by atoms with E-state index in [4.69, 9.17) is 5.73 Å². The highest BCUT2D eigenvalue weighted by Gasteiger charge is 2.35. The number of fused-ring (bicyclic) bond motifs is 1. The van der Waals surface area contributed by atoms with Crippen LogP contribution in [0.25, 0.3) is 10.3 Å². The van der Waals surface area contributed by atoms with Crippen molar-refractivity contribution in [3.63, 3.8) is 0 Å². The quantitative estimate of drug-likeness (QED) is 0.850. The lowest BCUT2D eigenvalue weighted by Crippen LogP contribution is -2.27. The fourth-order valence-electron chi connectivity index (χ4n) is 2.48. The minimum atomic E-state index is -4.41. The molecule has 1 saturated heterocycles. The molecule has 0 radical (unpaired) electrons. The highest BCUT2D eigenvalue weighted by atomic mass is 32.1. The highest BCUT2D eigenvalue weighted by molar-refractivity contribution is 7.22. The zero-order chi connectivity index (χ0) is 14.3. The number of nitrogens with two attached hydrogens (primary N) is 1. The number of thiazole rings is 1. The van der Waals surface area contributed by atoms with Crippen LogP contribution in [0.4, 0.5) is 18.3 Å². The summed E-state index contributed by atoms with van der Waals surface area (Å²) in [6, 6.07) is 1.16. The standard InChI is InChI=1S/C12H13F3N4S/c13-12(14,15)7-5-8(6-1-3-17-4-2-6)18-10-9(7)20-11(16)19-10/h5-6,17H,1-4H2,(H2,16,18,19). The third kappa shape index (κ3) is 2.45. The number of nitrogen functional groups attached to an aromatic ring is 1. The van der Waals surface area contributed by atoms with E-state index >= 15 is 0 Å². The van der Waals surface area contributed by atoms with Crippen molar-refractivity contribution in [1.82, 2.24) is 15.3 Å². The molecule has 1 aliphatic heterocycles. The Kier molecular flexibility index (Phi) is 3.29. The molecule has 20 heavy (non-hydrogen) atoms. The van der Waals surface area contributed by atoms with Gasteiger partial charge in [0, 0.05) is 11.6 Å². The first-order valence-corrected chi connectivity index (χ1v) is 7.11. The number of nitrogens with one attached hydrogen (secondary N) is 1. The topological polar surface area (TPSA) is 63.8 Å². The van der Waals surface area contributed by atoms with E-state index in [1.54, 1.807) is 0 Å². The van der Waals surface area contributed by atoms with Crippen molar-refractivity contribution in [2.24, 2.45) is 0 Å². The second-order valence-corrected chi connectivity index (χ2v) is 5.85. The Morgan fingerprint density at radius 2 is 1.95 bits per heavy atom. The largest absolute Gasteiger partial charge is 0.417 e. The molecular weight excluding hydrogens is 289 g/mol. The predicted molar refractivity (Wildman–Crippen MR) is 71.7 cm³/mol. The summed E-state index contributed by atoms with van der Waals surface area (Å²) in [5.74, 6) is 0.0460. The minimum absolute atomic E-state index is 0.0210. The molecule has 8 heteroatoms. The maximum absolute atomic E-state index is 13.2. The molecule has 0 unspecified atom stereocenters.